The number of nitrogen functional groups attached to an aromatic ring is 1. The second kappa shape index (κ2) is 5.28. The molecule has 98 valence electrons. The number of carbonyl (C=O) groups excluding carboxylic acids is 1. The Bertz CT molecular complexity index is 643. The lowest BCUT2D eigenvalue weighted by molar-refractivity contribution is 0.103. The van der Waals surface area contributed by atoms with Gasteiger partial charge in [-0.15, -0.1) is 0 Å². The van der Waals surface area contributed by atoms with Crippen LogP contribution in [0.1, 0.15) is 15.9 Å². The summed E-state index contributed by atoms with van der Waals surface area (Å²) in [6.07, 6.45) is 0. The lowest BCUT2D eigenvalue weighted by Gasteiger charge is -2.07. The zero-order valence-electron chi connectivity index (χ0n) is 10.1. The van der Waals surface area contributed by atoms with Gasteiger partial charge in [-0.05, 0) is 36.4 Å². The van der Waals surface area contributed by atoms with E-state index in [1.165, 1.54) is 31.4 Å². The first-order valence-electron chi connectivity index (χ1n) is 5.46. The molecule has 0 aliphatic carbocycles. The molecule has 2 aromatic rings. The van der Waals surface area contributed by atoms with E-state index in [4.69, 9.17) is 22.1 Å². The quantitative estimate of drug-likeness (QED) is 0.693. The molecule has 0 spiro atoms. The number of nitrogens with two attached hydrogens (primary N) is 1. The molecule has 2 rings (SSSR count). The fourth-order valence-corrected chi connectivity index (χ4v) is 1.88. The highest BCUT2D eigenvalue weighted by molar-refractivity contribution is 6.31. The predicted octanol–water partition coefficient (Wildman–Crippen LogP) is 3.30. The smallest absolute Gasteiger partial charge is 0.195 e. The van der Waals surface area contributed by atoms with Gasteiger partial charge in [0.05, 0.1) is 7.11 Å². The minimum Gasteiger partial charge on any atom is -0.494 e. The molecule has 0 aromatic heterocycles. The summed E-state index contributed by atoms with van der Waals surface area (Å²) in [5.74, 6) is -0.878. The Kier molecular flexibility index (Phi) is 3.71. The Balaban J connectivity index is 2.41. The molecule has 0 radical (unpaired) electrons. The van der Waals surface area contributed by atoms with Crippen molar-refractivity contribution >= 4 is 23.1 Å². The SMILES string of the molecule is COc1ccc(C(=O)c2ccc(Cl)cc2N)cc1F. The molecule has 5 heteroatoms. The van der Waals surface area contributed by atoms with Crippen molar-refractivity contribution in [2.45, 2.75) is 0 Å². The fourth-order valence-electron chi connectivity index (χ4n) is 1.70. The van der Waals surface area contributed by atoms with Crippen molar-refractivity contribution in [2.75, 3.05) is 12.8 Å². The fraction of sp³-hybridized carbons (Fsp3) is 0.0714. The van der Waals surface area contributed by atoms with Crippen molar-refractivity contribution in [1.29, 1.82) is 0 Å². The number of hydrogen-bond acceptors (Lipinski definition) is 3. The number of methoxy groups -OCH3 is 1. The molecule has 0 fully saturated rings. The van der Waals surface area contributed by atoms with Crippen LogP contribution in [0.15, 0.2) is 36.4 Å². The van der Waals surface area contributed by atoms with E-state index in [1.54, 1.807) is 6.07 Å². The summed E-state index contributed by atoms with van der Waals surface area (Å²) in [6.45, 7) is 0. The van der Waals surface area contributed by atoms with Gasteiger partial charge in [0.2, 0.25) is 0 Å². The lowest BCUT2D eigenvalue weighted by atomic mass is 10.0. The highest BCUT2D eigenvalue weighted by Gasteiger charge is 2.14. The second-order valence-electron chi connectivity index (χ2n) is 3.91. The van der Waals surface area contributed by atoms with E-state index in [1.807, 2.05) is 0 Å². The number of ketones is 1. The first kappa shape index (κ1) is 13.4. The summed E-state index contributed by atoms with van der Waals surface area (Å²) >= 11 is 5.76. The zero-order chi connectivity index (χ0) is 14.0. The third-order valence-electron chi connectivity index (χ3n) is 2.67. The molecular formula is C14H11ClFNO2. The van der Waals surface area contributed by atoms with Crippen molar-refractivity contribution in [1.82, 2.24) is 0 Å². The van der Waals surface area contributed by atoms with Crippen LogP contribution in [-0.4, -0.2) is 12.9 Å². The Morgan fingerprint density at radius 3 is 2.58 bits per heavy atom. The number of halogens is 2. The van der Waals surface area contributed by atoms with E-state index in [0.717, 1.165) is 6.07 Å². The van der Waals surface area contributed by atoms with Crippen molar-refractivity contribution in [3.05, 3.63) is 58.4 Å². The molecule has 0 unspecified atom stereocenters. The van der Waals surface area contributed by atoms with Crippen LogP contribution in [0, 0.1) is 5.82 Å². The molecule has 0 saturated carbocycles. The van der Waals surface area contributed by atoms with Gasteiger partial charge in [0.1, 0.15) is 0 Å². The van der Waals surface area contributed by atoms with E-state index in [-0.39, 0.29) is 28.3 Å². The molecule has 2 N–H and O–H groups in total. The van der Waals surface area contributed by atoms with Gasteiger partial charge in [0.25, 0.3) is 0 Å². The molecule has 0 bridgehead atoms. The molecule has 0 heterocycles. The third-order valence-corrected chi connectivity index (χ3v) is 2.91. The maximum absolute atomic E-state index is 13.6. The van der Waals surface area contributed by atoms with Crippen LogP contribution in [0.3, 0.4) is 0 Å². The van der Waals surface area contributed by atoms with Gasteiger partial charge >= 0.3 is 0 Å². The van der Waals surface area contributed by atoms with E-state index in [2.05, 4.69) is 0 Å². The van der Waals surface area contributed by atoms with Crippen molar-refractivity contribution < 1.29 is 13.9 Å². The van der Waals surface area contributed by atoms with E-state index in [9.17, 15) is 9.18 Å². The highest BCUT2D eigenvalue weighted by Crippen LogP contribution is 2.23. The summed E-state index contributed by atoms with van der Waals surface area (Å²) in [5, 5.41) is 0.440. The van der Waals surface area contributed by atoms with Crippen LogP contribution in [0.5, 0.6) is 5.75 Å². The Hall–Kier alpha value is -2.07. The molecule has 0 aliphatic heterocycles. The number of benzene rings is 2. The minimum atomic E-state index is -0.596. The van der Waals surface area contributed by atoms with Crippen LogP contribution in [-0.2, 0) is 0 Å². The Morgan fingerprint density at radius 1 is 1.26 bits per heavy atom. The zero-order valence-corrected chi connectivity index (χ0v) is 10.9. The average molecular weight is 280 g/mol. The second-order valence-corrected chi connectivity index (χ2v) is 4.35. The normalized spacial score (nSPS) is 10.3. The van der Waals surface area contributed by atoms with E-state index >= 15 is 0 Å². The van der Waals surface area contributed by atoms with Gasteiger partial charge in [-0.25, -0.2) is 4.39 Å². The monoisotopic (exact) mass is 279 g/mol. The van der Waals surface area contributed by atoms with Crippen LogP contribution >= 0.6 is 11.6 Å². The van der Waals surface area contributed by atoms with Crippen LogP contribution in [0.2, 0.25) is 5.02 Å². The van der Waals surface area contributed by atoms with Gasteiger partial charge in [0.15, 0.2) is 17.3 Å². The van der Waals surface area contributed by atoms with Crippen LogP contribution in [0.25, 0.3) is 0 Å². The molecule has 0 aliphatic rings. The van der Waals surface area contributed by atoms with Gasteiger partial charge in [0, 0.05) is 21.8 Å². The van der Waals surface area contributed by atoms with E-state index in [0.29, 0.717) is 5.02 Å². The predicted molar refractivity (Wildman–Crippen MR) is 72.2 cm³/mol. The standard InChI is InChI=1S/C14H11ClFNO2/c1-19-13-5-2-8(6-11(13)16)14(18)10-4-3-9(15)7-12(10)17/h2-7H,17H2,1H3. The molecule has 0 amide bonds. The first-order chi connectivity index (χ1) is 9.02. The number of rotatable bonds is 3. The molecule has 0 saturated heterocycles. The summed E-state index contributed by atoms with van der Waals surface area (Å²) in [4.78, 5) is 12.2. The number of hydrogen-bond donors (Lipinski definition) is 1. The summed E-state index contributed by atoms with van der Waals surface area (Å²) < 4.78 is 18.4. The highest BCUT2D eigenvalue weighted by atomic mass is 35.5. The van der Waals surface area contributed by atoms with Crippen LogP contribution in [0.4, 0.5) is 10.1 Å². The molecule has 0 atom stereocenters. The largest absolute Gasteiger partial charge is 0.494 e. The first-order valence-corrected chi connectivity index (χ1v) is 5.84. The van der Waals surface area contributed by atoms with Crippen molar-refractivity contribution in [3.8, 4) is 5.75 Å². The molecule has 3 nitrogen and oxygen atoms in total. The van der Waals surface area contributed by atoms with Crippen LogP contribution < -0.4 is 10.5 Å². The molecular weight excluding hydrogens is 269 g/mol. The lowest BCUT2D eigenvalue weighted by Crippen LogP contribution is -2.06. The van der Waals surface area contributed by atoms with E-state index < -0.39 is 5.82 Å². The topological polar surface area (TPSA) is 52.3 Å². The van der Waals surface area contributed by atoms with Gasteiger partial charge in [-0.1, -0.05) is 11.6 Å². The van der Waals surface area contributed by atoms with Gasteiger partial charge < -0.3 is 10.5 Å². The summed E-state index contributed by atoms with van der Waals surface area (Å²) in [7, 11) is 1.36. The summed E-state index contributed by atoms with van der Waals surface area (Å²) in [6, 6.07) is 8.56. The minimum absolute atomic E-state index is 0.0839. The van der Waals surface area contributed by atoms with Gasteiger partial charge in [-0.2, -0.15) is 0 Å². The third kappa shape index (κ3) is 2.69. The number of ether oxygens (including phenoxy) is 1. The Morgan fingerprint density at radius 2 is 2.00 bits per heavy atom. The number of carbonyl (C=O) groups is 1. The molecule has 2 aromatic carbocycles. The Labute approximate surface area is 114 Å². The van der Waals surface area contributed by atoms with Gasteiger partial charge in [-0.3, -0.25) is 4.79 Å². The number of anilines is 1. The average Bonchev–Trinajstić information content (AvgIpc) is 2.38. The maximum atomic E-state index is 13.6. The molecule has 19 heavy (non-hydrogen) atoms. The maximum Gasteiger partial charge on any atom is 0.195 e. The summed E-state index contributed by atoms with van der Waals surface area (Å²) in [5.41, 5.74) is 6.48. The van der Waals surface area contributed by atoms with Crippen molar-refractivity contribution in [3.63, 3.8) is 0 Å². The van der Waals surface area contributed by atoms with Crippen molar-refractivity contribution in [2.24, 2.45) is 0 Å².